The molecular weight excluding hydrogens is 216 g/mol. The first kappa shape index (κ1) is 9.90. The Morgan fingerprint density at radius 1 is 1.62 bits per heavy atom. The van der Waals surface area contributed by atoms with Crippen molar-refractivity contribution in [2.24, 2.45) is 5.16 Å². The van der Waals surface area contributed by atoms with Gasteiger partial charge in [0.05, 0.1) is 18.5 Å². The number of nitrogens with zero attached hydrogens (tertiary/aromatic N) is 3. The molecule has 2 N–H and O–H groups in total. The molecule has 2 rings (SSSR count). The molecule has 0 aliphatic carbocycles. The highest BCUT2D eigenvalue weighted by molar-refractivity contribution is 5.87. The van der Waals surface area contributed by atoms with E-state index in [2.05, 4.69) is 15.4 Å². The summed E-state index contributed by atoms with van der Waals surface area (Å²) in [5, 5.41) is 28.0. The van der Waals surface area contributed by atoms with Gasteiger partial charge in [0, 0.05) is 5.56 Å². The van der Waals surface area contributed by atoms with E-state index >= 15 is 0 Å². The van der Waals surface area contributed by atoms with Crippen molar-refractivity contribution in [3.8, 4) is 11.5 Å². The number of aromatic amines is 1. The van der Waals surface area contributed by atoms with Crippen LogP contribution in [0.2, 0.25) is 0 Å². The Balaban J connectivity index is 2.42. The van der Waals surface area contributed by atoms with E-state index < -0.39 is 4.92 Å². The lowest BCUT2D eigenvalue weighted by Gasteiger charge is -1.91. The number of oxime groups is 1. The third kappa shape index (κ3) is 1.63. The Hall–Kier alpha value is -2.64. The van der Waals surface area contributed by atoms with Crippen LogP contribution < -0.4 is 0 Å². The van der Waals surface area contributed by atoms with Crippen LogP contribution in [0.15, 0.2) is 27.9 Å². The van der Waals surface area contributed by atoms with E-state index in [1.165, 1.54) is 18.3 Å². The van der Waals surface area contributed by atoms with E-state index in [4.69, 9.17) is 9.62 Å². The second-order valence-corrected chi connectivity index (χ2v) is 2.84. The van der Waals surface area contributed by atoms with Gasteiger partial charge in [0.25, 0.3) is 0 Å². The molecule has 0 bridgehead atoms. The largest absolute Gasteiger partial charge is 0.433 e. The lowest BCUT2D eigenvalue weighted by molar-refractivity contribution is -0.401. The fourth-order valence-electron chi connectivity index (χ4n) is 1.21. The second-order valence-electron chi connectivity index (χ2n) is 2.84. The molecule has 8 nitrogen and oxygen atoms in total. The molecule has 0 aliphatic rings. The molecule has 0 saturated heterocycles. The van der Waals surface area contributed by atoms with Crippen LogP contribution in [0.3, 0.4) is 0 Å². The summed E-state index contributed by atoms with van der Waals surface area (Å²) in [5.41, 5.74) is 0.873. The molecule has 0 unspecified atom stereocenters. The average molecular weight is 222 g/mol. The van der Waals surface area contributed by atoms with Gasteiger partial charge in [-0.15, -0.1) is 0 Å². The van der Waals surface area contributed by atoms with E-state index in [0.717, 1.165) is 6.21 Å². The maximum atomic E-state index is 10.4. The minimum atomic E-state index is -0.639. The minimum Gasteiger partial charge on any atom is -0.411 e. The number of H-pyrrole nitrogens is 1. The quantitative estimate of drug-likeness (QED) is 0.352. The van der Waals surface area contributed by atoms with Gasteiger partial charge >= 0.3 is 5.88 Å². The number of hydrogen-bond acceptors (Lipinski definition) is 6. The van der Waals surface area contributed by atoms with Crippen molar-refractivity contribution in [2.45, 2.75) is 0 Å². The summed E-state index contributed by atoms with van der Waals surface area (Å²) in [7, 11) is 0. The Morgan fingerprint density at radius 3 is 3.06 bits per heavy atom. The zero-order valence-corrected chi connectivity index (χ0v) is 7.82. The second kappa shape index (κ2) is 3.85. The number of nitrogens with one attached hydrogen (secondary N) is 1. The zero-order chi connectivity index (χ0) is 11.5. The predicted octanol–water partition coefficient (Wildman–Crippen LogP) is 1.39. The highest BCUT2D eigenvalue weighted by atomic mass is 16.6. The lowest BCUT2D eigenvalue weighted by atomic mass is 10.2. The third-order valence-electron chi connectivity index (χ3n) is 1.88. The normalized spacial score (nSPS) is 11.0. The average Bonchev–Trinajstić information content (AvgIpc) is 2.84. The molecule has 16 heavy (non-hydrogen) atoms. The Kier molecular flexibility index (Phi) is 2.38. The van der Waals surface area contributed by atoms with Gasteiger partial charge in [0.1, 0.15) is 10.6 Å². The molecule has 8 heteroatoms. The van der Waals surface area contributed by atoms with E-state index in [9.17, 15) is 10.1 Å². The summed E-state index contributed by atoms with van der Waals surface area (Å²) in [5.74, 6) is -0.115. The topological polar surface area (TPSA) is 118 Å². The van der Waals surface area contributed by atoms with Crippen LogP contribution in [-0.2, 0) is 0 Å². The molecule has 0 saturated carbocycles. The maximum Gasteiger partial charge on any atom is 0.433 e. The molecule has 0 aliphatic heterocycles. The summed E-state index contributed by atoms with van der Waals surface area (Å²) in [4.78, 5) is 9.77. The van der Waals surface area contributed by atoms with Gasteiger partial charge in [-0.05, 0) is 6.07 Å². The first-order valence-corrected chi connectivity index (χ1v) is 4.18. The monoisotopic (exact) mass is 222 g/mol. The number of aromatic nitrogens is 2. The number of hydrogen-bond donors (Lipinski definition) is 2. The summed E-state index contributed by atoms with van der Waals surface area (Å²) in [6.07, 6.45) is 2.55. The van der Waals surface area contributed by atoms with Gasteiger partial charge in [-0.25, -0.2) is 0 Å². The zero-order valence-electron chi connectivity index (χ0n) is 7.82. The van der Waals surface area contributed by atoms with Crippen molar-refractivity contribution in [1.29, 1.82) is 0 Å². The molecule has 0 radical (unpaired) electrons. The molecule has 0 aromatic carbocycles. The van der Waals surface area contributed by atoms with Crippen LogP contribution in [0, 0.1) is 10.1 Å². The highest BCUT2D eigenvalue weighted by Gasteiger charge is 2.16. The van der Waals surface area contributed by atoms with Crippen molar-refractivity contribution in [2.75, 3.05) is 0 Å². The Labute approximate surface area is 88.3 Å². The number of furan rings is 1. The molecule has 0 amide bonds. The molecule has 2 aromatic heterocycles. The molecule has 2 aromatic rings. The van der Waals surface area contributed by atoms with Crippen molar-refractivity contribution in [3.05, 3.63) is 34.0 Å². The van der Waals surface area contributed by atoms with Gasteiger partial charge in [0.15, 0.2) is 5.76 Å². The van der Waals surface area contributed by atoms with Gasteiger partial charge in [-0.3, -0.25) is 15.2 Å². The number of rotatable bonds is 3. The standard InChI is InChI=1S/C8H6N4O4/c13-10-4-5-3-9-11-8(5)6-1-2-7(16-6)12(14)15/h1-4,13H,(H,9,11)/b10-4+. The molecule has 2 heterocycles. The van der Waals surface area contributed by atoms with Gasteiger partial charge in [-0.1, -0.05) is 5.16 Å². The van der Waals surface area contributed by atoms with Crippen LogP contribution in [0.1, 0.15) is 5.56 Å². The van der Waals surface area contributed by atoms with Crippen molar-refractivity contribution >= 4 is 12.1 Å². The molecule has 0 fully saturated rings. The highest BCUT2D eigenvalue weighted by Crippen LogP contribution is 2.26. The first-order chi connectivity index (χ1) is 7.72. The maximum absolute atomic E-state index is 10.4. The van der Waals surface area contributed by atoms with Crippen molar-refractivity contribution in [3.63, 3.8) is 0 Å². The van der Waals surface area contributed by atoms with Crippen LogP contribution in [0.5, 0.6) is 0 Å². The Bertz CT molecular complexity index is 542. The van der Waals surface area contributed by atoms with E-state index in [1.54, 1.807) is 0 Å². The van der Waals surface area contributed by atoms with Crippen LogP contribution in [0.25, 0.3) is 11.5 Å². The lowest BCUT2D eigenvalue weighted by Crippen LogP contribution is -1.84. The van der Waals surface area contributed by atoms with Gasteiger partial charge in [0.2, 0.25) is 0 Å². The third-order valence-corrected chi connectivity index (χ3v) is 1.88. The molecular formula is C8H6N4O4. The minimum absolute atomic E-state index is 0.249. The summed E-state index contributed by atoms with van der Waals surface area (Å²) in [6.45, 7) is 0. The molecule has 82 valence electrons. The summed E-state index contributed by atoms with van der Waals surface area (Å²) in [6, 6.07) is 2.66. The molecule has 0 atom stereocenters. The van der Waals surface area contributed by atoms with Gasteiger partial charge in [-0.2, -0.15) is 5.10 Å². The first-order valence-electron chi connectivity index (χ1n) is 4.18. The fraction of sp³-hybridized carbons (Fsp3) is 0. The smallest absolute Gasteiger partial charge is 0.411 e. The van der Waals surface area contributed by atoms with Crippen molar-refractivity contribution < 1.29 is 14.5 Å². The van der Waals surface area contributed by atoms with Gasteiger partial charge < -0.3 is 9.62 Å². The van der Waals surface area contributed by atoms with Crippen LogP contribution in [0.4, 0.5) is 5.88 Å². The van der Waals surface area contributed by atoms with E-state index in [0.29, 0.717) is 11.3 Å². The molecule has 0 spiro atoms. The van der Waals surface area contributed by atoms with E-state index in [1.807, 2.05) is 0 Å². The summed E-state index contributed by atoms with van der Waals surface area (Å²) < 4.78 is 4.96. The van der Waals surface area contributed by atoms with Crippen molar-refractivity contribution in [1.82, 2.24) is 10.2 Å². The summed E-state index contributed by atoms with van der Waals surface area (Å²) >= 11 is 0. The van der Waals surface area contributed by atoms with E-state index in [-0.39, 0.29) is 11.6 Å². The SMILES string of the molecule is O=[N+]([O-])c1ccc(-c2[nH]ncc2/C=N/O)o1. The fourth-order valence-corrected chi connectivity index (χ4v) is 1.21. The Morgan fingerprint density at radius 2 is 2.44 bits per heavy atom. The van der Waals surface area contributed by atoms with Crippen LogP contribution in [-0.4, -0.2) is 26.5 Å². The predicted molar refractivity (Wildman–Crippen MR) is 52.3 cm³/mol. The number of nitro groups is 1. The van der Waals surface area contributed by atoms with Crippen LogP contribution >= 0.6 is 0 Å².